The highest BCUT2D eigenvalue weighted by atomic mass is 15.2. The summed E-state index contributed by atoms with van der Waals surface area (Å²) >= 11 is 0. The number of aromatic amines is 1. The quantitative estimate of drug-likeness (QED) is 0.805. The molecule has 1 aromatic heterocycles. The molecule has 3 nitrogen and oxygen atoms in total. The van der Waals surface area contributed by atoms with E-state index in [9.17, 15) is 0 Å². The molecule has 0 bridgehead atoms. The Hall–Kier alpha value is -1.32. The minimum absolute atomic E-state index is 0.481. The van der Waals surface area contributed by atoms with Gasteiger partial charge in [-0.15, -0.1) is 0 Å². The highest BCUT2D eigenvalue weighted by Crippen LogP contribution is 2.31. The second kappa shape index (κ2) is 4.41. The number of H-pyrrole nitrogens is 1. The van der Waals surface area contributed by atoms with Gasteiger partial charge in [0.1, 0.15) is 0 Å². The fourth-order valence-electron chi connectivity index (χ4n) is 3.02. The number of rotatable bonds is 1. The first-order chi connectivity index (χ1) is 8.66. The van der Waals surface area contributed by atoms with Crippen LogP contribution < -0.4 is 5.32 Å². The van der Waals surface area contributed by atoms with Gasteiger partial charge in [0, 0.05) is 42.3 Å². The Labute approximate surface area is 108 Å². The second-order valence-corrected chi connectivity index (χ2v) is 5.41. The number of nitrogens with one attached hydrogen (secondary N) is 2. The smallest absolute Gasteiger partial charge is 0.0494 e. The average Bonchev–Trinajstić information content (AvgIpc) is 2.66. The standard InChI is InChI=1S/C15H21N3/c1-10-4-5-13-12(8-10)15(11(2)17-13)14-9-16-6-7-18(14)3/h4-5,8,14,16-17H,6-7,9H2,1-3H3. The van der Waals surface area contributed by atoms with Crippen LogP contribution in [0.1, 0.15) is 22.9 Å². The van der Waals surface area contributed by atoms with Gasteiger partial charge in [-0.25, -0.2) is 0 Å². The minimum Gasteiger partial charge on any atom is -0.358 e. The Morgan fingerprint density at radius 2 is 2.11 bits per heavy atom. The molecule has 3 heteroatoms. The number of aryl methyl sites for hydroxylation is 2. The fourth-order valence-corrected chi connectivity index (χ4v) is 3.02. The molecule has 0 aliphatic carbocycles. The summed E-state index contributed by atoms with van der Waals surface area (Å²) in [5.74, 6) is 0. The van der Waals surface area contributed by atoms with E-state index < -0.39 is 0 Å². The van der Waals surface area contributed by atoms with Crippen LogP contribution in [0.2, 0.25) is 0 Å². The molecule has 1 aliphatic rings. The lowest BCUT2D eigenvalue weighted by molar-refractivity contribution is 0.203. The summed E-state index contributed by atoms with van der Waals surface area (Å²) in [4.78, 5) is 5.97. The Kier molecular flexibility index (Phi) is 2.88. The maximum absolute atomic E-state index is 3.52. The van der Waals surface area contributed by atoms with E-state index in [2.05, 4.69) is 54.3 Å². The Bertz CT molecular complexity index is 570. The first-order valence-corrected chi connectivity index (χ1v) is 6.66. The third kappa shape index (κ3) is 1.84. The van der Waals surface area contributed by atoms with Crippen molar-refractivity contribution in [1.82, 2.24) is 15.2 Å². The lowest BCUT2D eigenvalue weighted by Crippen LogP contribution is -2.43. The summed E-state index contributed by atoms with van der Waals surface area (Å²) in [6, 6.07) is 7.15. The third-order valence-corrected chi connectivity index (χ3v) is 4.04. The van der Waals surface area contributed by atoms with E-state index in [-0.39, 0.29) is 0 Å². The second-order valence-electron chi connectivity index (χ2n) is 5.41. The molecular weight excluding hydrogens is 222 g/mol. The first kappa shape index (κ1) is 11.8. The molecular formula is C15H21N3. The number of benzene rings is 1. The lowest BCUT2D eigenvalue weighted by atomic mass is 9.99. The van der Waals surface area contributed by atoms with Crippen molar-refractivity contribution in [3.05, 3.63) is 35.0 Å². The fraction of sp³-hybridized carbons (Fsp3) is 0.467. The number of aromatic nitrogens is 1. The SMILES string of the molecule is Cc1ccc2[nH]c(C)c(C3CNCCN3C)c2c1. The van der Waals surface area contributed by atoms with Crippen molar-refractivity contribution in [3.8, 4) is 0 Å². The van der Waals surface area contributed by atoms with Crippen LogP contribution in [0.25, 0.3) is 10.9 Å². The van der Waals surface area contributed by atoms with Crippen molar-refractivity contribution in [1.29, 1.82) is 0 Å². The molecule has 1 fully saturated rings. The molecule has 0 spiro atoms. The molecule has 2 heterocycles. The molecule has 1 aromatic carbocycles. The zero-order valence-electron chi connectivity index (χ0n) is 11.4. The minimum atomic E-state index is 0.481. The van der Waals surface area contributed by atoms with E-state index in [0.717, 1.165) is 19.6 Å². The highest BCUT2D eigenvalue weighted by Gasteiger charge is 2.24. The van der Waals surface area contributed by atoms with Crippen LogP contribution in [0.5, 0.6) is 0 Å². The number of fused-ring (bicyclic) bond motifs is 1. The topological polar surface area (TPSA) is 31.1 Å². The van der Waals surface area contributed by atoms with E-state index in [1.165, 1.54) is 27.7 Å². The summed E-state index contributed by atoms with van der Waals surface area (Å²) in [6.45, 7) is 7.59. The summed E-state index contributed by atoms with van der Waals surface area (Å²) in [6.07, 6.45) is 0. The Balaban J connectivity index is 2.14. The number of hydrogen-bond donors (Lipinski definition) is 2. The molecule has 1 saturated heterocycles. The van der Waals surface area contributed by atoms with Crippen LogP contribution in [0.4, 0.5) is 0 Å². The van der Waals surface area contributed by atoms with E-state index in [1.807, 2.05) is 0 Å². The van der Waals surface area contributed by atoms with Crippen LogP contribution in [-0.2, 0) is 0 Å². The van der Waals surface area contributed by atoms with Crippen LogP contribution in [-0.4, -0.2) is 36.6 Å². The molecule has 2 N–H and O–H groups in total. The van der Waals surface area contributed by atoms with Gasteiger partial charge in [0.25, 0.3) is 0 Å². The van der Waals surface area contributed by atoms with Crippen LogP contribution in [0.15, 0.2) is 18.2 Å². The van der Waals surface area contributed by atoms with Gasteiger partial charge < -0.3 is 10.3 Å². The van der Waals surface area contributed by atoms with Crippen molar-refractivity contribution >= 4 is 10.9 Å². The summed E-state index contributed by atoms with van der Waals surface area (Å²) < 4.78 is 0. The third-order valence-electron chi connectivity index (χ3n) is 4.04. The van der Waals surface area contributed by atoms with E-state index >= 15 is 0 Å². The van der Waals surface area contributed by atoms with Gasteiger partial charge in [-0.1, -0.05) is 11.6 Å². The molecule has 0 saturated carbocycles. The summed E-state index contributed by atoms with van der Waals surface area (Å²) in [5, 5.41) is 4.89. The monoisotopic (exact) mass is 243 g/mol. The summed E-state index contributed by atoms with van der Waals surface area (Å²) in [5.41, 5.74) is 5.35. The van der Waals surface area contributed by atoms with Crippen LogP contribution in [0, 0.1) is 13.8 Å². The first-order valence-electron chi connectivity index (χ1n) is 6.66. The number of hydrogen-bond acceptors (Lipinski definition) is 2. The molecule has 2 aromatic rings. The Morgan fingerprint density at radius 3 is 2.89 bits per heavy atom. The maximum atomic E-state index is 3.52. The van der Waals surface area contributed by atoms with E-state index in [0.29, 0.717) is 6.04 Å². The molecule has 0 amide bonds. The number of likely N-dealkylation sites (N-methyl/N-ethyl adjacent to an activating group) is 1. The van der Waals surface area contributed by atoms with Crippen LogP contribution >= 0.6 is 0 Å². The zero-order chi connectivity index (χ0) is 12.7. The summed E-state index contributed by atoms with van der Waals surface area (Å²) in [7, 11) is 2.22. The molecule has 96 valence electrons. The largest absolute Gasteiger partial charge is 0.358 e. The molecule has 1 unspecified atom stereocenters. The molecule has 3 rings (SSSR count). The van der Waals surface area contributed by atoms with E-state index in [4.69, 9.17) is 0 Å². The predicted molar refractivity (Wildman–Crippen MR) is 76.0 cm³/mol. The van der Waals surface area contributed by atoms with Gasteiger partial charge in [-0.2, -0.15) is 0 Å². The molecule has 18 heavy (non-hydrogen) atoms. The molecule has 1 atom stereocenters. The maximum Gasteiger partial charge on any atom is 0.0494 e. The van der Waals surface area contributed by atoms with Crippen molar-refractivity contribution in [2.75, 3.05) is 26.7 Å². The predicted octanol–water partition coefficient (Wildman–Crippen LogP) is 2.36. The molecule has 0 radical (unpaired) electrons. The van der Waals surface area contributed by atoms with E-state index in [1.54, 1.807) is 0 Å². The van der Waals surface area contributed by atoms with Gasteiger partial charge in [0.2, 0.25) is 0 Å². The highest BCUT2D eigenvalue weighted by molar-refractivity contribution is 5.85. The van der Waals surface area contributed by atoms with Gasteiger partial charge in [-0.05, 0) is 38.6 Å². The lowest BCUT2D eigenvalue weighted by Gasteiger charge is -2.33. The molecule has 1 aliphatic heterocycles. The van der Waals surface area contributed by atoms with Gasteiger partial charge in [0.15, 0.2) is 0 Å². The number of piperazine rings is 1. The van der Waals surface area contributed by atoms with Gasteiger partial charge in [-0.3, -0.25) is 4.90 Å². The van der Waals surface area contributed by atoms with Crippen molar-refractivity contribution < 1.29 is 0 Å². The zero-order valence-corrected chi connectivity index (χ0v) is 11.4. The van der Waals surface area contributed by atoms with Crippen molar-refractivity contribution in [3.63, 3.8) is 0 Å². The number of nitrogens with zero attached hydrogens (tertiary/aromatic N) is 1. The Morgan fingerprint density at radius 1 is 1.28 bits per heavy atom. The van der Waals surface area contributed by atoms with Crippen molar-refractivity contribution in [2.24, 2.45) is 0 Å². The van der Waals surface area contributed by atoms with Crippen molar-refractivity contribution in [2.45, 2.75) is 19.9 Å². The van der Waals surface area contributed by atoms with Gasteiger partial charge >= 0.3 is 0 Å². The van der Waals surface area contributed by atoms with Crippen LogP contribution in [0.3, 0.4) is 0 Å². The normalized spacial score (nSPS) is 21.6. The average molecular weight is 243 g/mol. The van der Waals surface area contributed by atoms with Gasteiger partial charge in [0.05, 0.1) is 0 Å².